The summed E-state index contributed by atoms with van der Waals surface area (Å²) >= 11 is 3.95. The Labute approximate surface area is 74.3 Å². The topological polar surface area (TPSA) is 12.4 Å². The zero-order valence-electron chi connectivity index (χ0n) is 7.12. The molecule has 0 unspecified atom stereocenters. The molecule has 0 heterocycles. The van der Waals surface area contributed by atoms with E-state index in [4.69, 9.17) is 0 Å². The van der Waals surface area contributed by atoms with Gasteiger partial charge in [0.1, 0.15) is 0 Å². The van der Waals surface area contributed by atoms with E-state index >= 15 is 0 Å². The highest BCUT2D eigenvalue weighted by atomic mass is 32.1. The lowest BCUT2D eigenvalue weighted by atomic mass is 10.2. The van der Waals surface area contributed by atoms with Gasteiger partial charge in [0, 0.05) is 12.8 Å². The van der Waals surface area contributed by atoms with Crippen LogP contribution in [0.3, 0.4) is 0 Å². The van der Waals surface area contributed by atoms with Crippen LogP contribution in [-0.4, -0.2) is 12.8 Å². The molecule has 0 saturated heterocycles. The molecular formula is C9H15NS. The van der Waals surface area contributed by atoms with Gasteiger partial charge in [0.15, 0.2) is 0 Å². The van der Waals surface area contributed by atoms with E-state index in [-0.39, 0.29) is 0 Å². The third-order valence-electron chi connectivity index (χ3n) is 1.34. The van der Waals surface area contributed by atoms with E-state index in [1.54, 1.807) is 5.41 Å². The van der Waals surface area contributed by atoms with Crippen LogP contribution in [0.4, 0.5) is 0 Å². The first kappa shape index (κ1) is 10.5. The van der Waals surface area contributed by atoms with Crippen LogP contribution in [0.1, 0.15) is 19.8 Å². The van der Waals surface area contributed by atoms with Gasteiger partial charge in [0.05, 0.1) is 0 Å². The summed E-state index contributed by atoms with van der Waals surface area (Å²) in [7, 11) is 1.82. The van der Waals surface area contributed by atoms with Gasteiger partial charge in [0.2, 0.25) is 0 Å². The lowest BCUT2D eigenvalue weighted by molar-refractivity contribution is 1.25. The number of allylic oxidation sites excluding steroid dienone is 3. The molecule has 0 amide bonds. The van der Waals surface area contributed by atoms with E-state index in [1.165, 1.54) is 0 Å². The molecule has 0 spiro atoms. The number of nitrogens with zero attached hydrogens (tertiary/aromatic N) is 1. The van der Waals surface area contributed by atoms with E-state index in [9.17, 15) is 0 Å². The van der Waals surface area contributed by atoms with Crippen molar-refractivity contribution >= 4 is 18.3 Å². The van der Waals surface area contributed by atoms with Crippen LogP contribution < -0.4 is 0 Å². The van der Waals surface area contributed by atoms with E-state index < -0.39 is 0 Å². The Kier molecular flexibility index (Phi) is 7.26. The van der Waals surface area contributed by atoms with Gasteiger partial charge in [0.25, 0.3) is 0 Å². The van der Waals surface area contributed by atoms with E-state index in [0.29, 0.717) is 0 Å². The largest absolute Gasteiger partial charge is 0.293 e. The minimum absolute atomic E-state index is 0.933. The van der Waals surface area contributed by atoms with Crippen LogP contribution in [0.25, 0.3) is 0 Å². The Morgan fingerprint density at radius 2 is 2.18 bits per heavy atom. The Morgan fingerprint density at radius 3 is 2.64 bits per heavy atom. The number of rotatable bonds is 4. The van der Waals surface area contributed by atoms with Crippen LogP contribution in [0.5, 0.6) is 0 Å². The van der Waals surface area contributed by atoms with Gasteiger partial charge in [-0.2, -0.15) is 12.6 Å². The zero-order valence-corrected chi connectivity index (χ0v) is 8.01. The molecule has 11 heavy (non-hydrogen) atoms. The molecule has 0 aromatic carbocycles. The smallest absolute Gasteiger partial charge is 0.0339 e. The lowest BCUT2D eigenvalue weighted by Gasteiger charge is -1.90. The van der Waals surface area contributed by atoms with Crippen molar-refractivity contribution in [3.05, 3.63) is 23.6 Å². The Bertz CT molecular complexity index is 168. The average molecular weight is 169 g/mol. The molecule has 0 fully saturated rings. The SMILES string of the molecule is CCC(/C=C\C/C=C/S)=N/C. The molecule has 0 atom stereocenters. The van der Waals surface area contributed by atoms with Crippen molar-refractivity contribution in [2.45, 2.75) is 19.8 Å². The maximum Gasteiger partial charge on any atom is 0.0339 e. The maximum absolute atomic E-state index is 4.09. The molecule has 2 heteroatoms. The third-order valence-corrected chi connectivity index (χ3v) is 1.55. The first-order valence-corrected chi connectivity index (χ1v) is 4.28. The molecule has 0 aliphatic heterocycles. The molecule has 0 aromatic heterocycles. The minimum atomic E-state index is 0.933. The van der Waals surface area contributed by atoms with Crippen LogP contribution in [0.15, 0.2) is 28.6 Å². The fourth-order valence-corrected chi connectivity index (χ4v) is 0.816. The number of aliphatic imine (C=N–C) groups is 1. The lowest BCUT2D eigenvalue weighted by Crippen LogP contribution is -1.88. The molecule has 0 saturated carbocycles. The van der Waals surface area contributed by atoms with Crippen molar-refractivity contribution < 1.29 is 0 Å². The Hall–Kier alpha value is -0.500. The van der Waals surface area contributed by atoms with E-state index in [2.05, 4.69) is 30.6 Å². The molecule has 0 aliphatic carbocycles. The van der Waals surface area contributed by atoms with Gasteiger partial charge in [-0.05, 0) is 24.3 Å². The maximum atomic E-state index is 4.09. The molecule has 62 valence electrons. The van der Waals surface area contributed by atoms with Crippen LogP contribution >= 0.6 is 12.6 Å². The molecule has 0 radical (unpaired) electrons. The Balaban J connectivity index is 3.72. The zero-order chi connectivity index (χ0) is 8.53. The number of thiol groups is 1. The molecule has 0 N–H and O–H groups in total. The van der Waals surface area contributed by atoms with E-state index in [0.717, 1.165) is 18.6 Å². The summed E-state index contributed by atoms with van der Waals surface area (Å²) in [5, 5.41) is 1.75. The van der Waals surface area contributed by atoms with Crippen molar-refractivity contribution in [3.8, 4) is 0 Å². The van der Waals surface area contributed by atoms with E-state index in [1.807, 2.05) is 19.2 Å². The van der Waals surface area contributed by atoms with Crippen LogP contribution in [0.2, 0.25) is 0 Å². The summed E-state index contributed by atoms with van der Waals surface area (Å²) in [6.45, 7) is 2.10. The molecule has 0 aliphatic rings. The summed E-state index contributed by atoms with van der Waals surface area (Å²) < 4.78 is 0. The highest BCUT2D eigenvalue weighted by Crippen LogP contribution is 1.92. The van der Waals surface area contributed by atoms with Crippen molar-refractivity contribution in [2.75, 3.05) is 7.05 Å². The number of hydrogen-bond acceptors (Lipinski definition) is 2. The summed E-state index contributed by atoms with van der Waals surface area (Å²) in [4.78, 5) is 4.09. The van der Waals surface area contributed by atoms with Gasteiger partial charge >= 0.3 is 0 Å². The van der Waals surface area contributed by atoms with Crippen LogP contribution in [0, 0.1) is 0 Å². The minimum Gasteiger partial charge on any atom is -0.293 e. The normalized spacial score (nSPS) is 13.5. The quantitative estimate of drug-likeness (QED) is 0.491. The molecule has 0 aromatic rings. The standard InChI is InChI=1S/C9H15NS/c1-3-9(10-2)7-5-4-6-8-11/h5-8,11H,3-4H2,1-2H3/b7-5-,8-6+,10-9-. The predicted octanol–water partition coefficient (Wildman–Crippen LogP) is 2.86. The second-order valence-electron chi connectivity index (χ2n) is 2.09. The summed E-state index contributed by atoms with van der Waals surface area (Å²) in [6.07, 6.45) is 8.05. The van der Waals surface area contributed by atoms with Gasteiger partial charge in [-0.15, -0.1) is 0 Å². The summed E-state index contributed by atoms with van der Waals surface area (Å²) in [5.41, 5.74) is 1.14. The summed E-state index contributed by atoms with van der Waals surface area (Å²) in [6, 6.07) is 0. The monoisotopic (exact) mass is 169 g/mol. The van der Waals surface area contributed by atoms with Crippen molar-refractivity contribution in [3.63, 3.8) is 0 Å². The second-order valence-corrected chi connectivity index (χ2v) is 2.39. The van der Waals surface area contributed by atoms with Crippen molar-refractivity contribution in [1.82, 2.24) is 0 Å². The highest BCUT2D eigenvalue weighted by Gasteiger charge is 1.83. The summed E-state index contributed by atoms with van der Waals surface area (Å²) in [5.74, 6) is 0. The third kappa shape index (κ3) is 5.92. The first-order valence-electron chi connectivity index (χ1n) is 3.76. The van der Waals surface area contributed by atoms with Gasteiger partial charge < -0.3 is 0 Å². The fraction of sp³-hybridized carbons (Fsp3) is 0.444. The van der Waals surface area contributed by atoms with Crippen molar-refractivity contribution in [2.24, 2.45) is 4.99 Å². The van der Waals surface area contributed by atoms with Crippen molar-refractivity contribution in [1.29, 1.82) is 0 Å². The molecular weight excluding hydrogens is 154 g/mol. The van der Waals surface area contributed by atoms with Gasteiger partial charge in [-0.3, -0.25) is 4.99 Å². The Morgan fingerprint density at radius 1 is 1.45 bits per heavy atom. The number of hydrogen-bond donors (Lipinski definition) is 1. The molecule has 0 rings (SSSR count). The second kappa shape index (κ2) is 7.61. The predicted molar refractivity (Wildman–Crippen MR) is 55.5 cm³/mol. The fourth-order valence-electron chi connectivity index (χ4n) is 0.694. The molecule has 0 bridgehead atoms. The average Bonchev–Trinajstić information content (AvgIpc) is 2.05. The van der Waals surface area contributed by atoms with Gasteiger partial charge in [-0.1, -0.05) is 19.1 Å². The molecule has 1 nitrogen and oxygen atoms in total. The van der Waals surface area contributed by atoms with Crippen LogP contribution in [-0.2, 0) is 0 Å². The highest BCUT2D eigenvalue weighted by molar-refractivity contribution is 7.83. The first-order chi connectivity index (χ1) is 5.35. The van der Waals surface area contributed by atoms with Gasteiger partial charge in [-0.25, -0.2) is 0 Å².